The SMILES string of the molecule is O=C(O)CC1CCCN(c2ncc([N+](=O)[O-])s2)C1. The average Bonchev–Trinajstić information content (AvgIpc) is 2.77. The zero-order chi connectivity index (χ0) is 13.1. The lowest BCUT2D eigenvalue weighted by Crippen LogP contribution is -2.36. The van der Waals surface area contributed by atoms with Crippen LogP contribution >= 0.6 is 11.3 Å². The molecule has 0 amide bonds. The number of nitro groups is 1. The van der Waals surface area contributed by atoms with Crippen LogP contribution in [0.5, 0.6) is 0 Å². The van der Waals surface area contributed by atoms with Crippen molar-refractivity contribution < 1.29 is 14.8 Å². The van der Waals surface area contributed by atoms with Crippen LogP contribution in [0, 0.1) is 16.0 Å². The minimum Gasteiger partial charge on any atom is -0.481 e. The molecule has 0 radical (unpaired) electrons. The van der Waals surface area contributed by atoms with Crippen LogP contribution in [0.4, 0.5) is 10.1 Å². The van der Waals surface area contributed by atoms with Gasteiger partial charge in [0.1, 0.15) is 6.20 Å². The highest BCUT2D eigenvalue weighted by atomic mass is 32.1. The Hall–Kier alpha value is -1.70. The third kappa shape index (κ3) is 2.95. The van der Waals surface area contributed by atoms with Gasteiger partial charge in [0.2, 0.25) is 0 Å². The molecule has 2 rings (SSSR count). The number of anilines is 1. The summed E-state index contributed by atoms with van der Waals surface area (Å²) in [6.45, 7) is 1.39. The fourth-order valence-corrected chi connectivity index (χ4v) is 2.91. The number of aromatic nitrogens is 1. The number of hydrogen-bond donors (Lipinski definition) is 1. The number of rotatable bonds is 4. The van der Waals surface area contributed by atoms with E-state index in [1.165, 1.54) is 6.20 Å². The molecule has 2 heterocycles. The minimum absolute atomic E-state index is 0.0189. The van der Waals surface area contributed by atoms with Crippen LogP contribution < -0.4 is 4.90 Å². The summed E-state index contributed by atoms with van der Waals surface area (Å²) in [5.74, 6) is -0.703. The highest BCUT2D eigenvalue weighted by molar-refractivity contribution is 7.18. The number of carboxylic acid groups (broad SMARTS) is 1. The second-order valence-electron chi connectivity index (χ2n) is 4.29. The van der Waals surface area contributed by atoms with Crippen molar-refractivity contribution in [3.63, 3.8) is 0 Å². The highest BCUT2D eigenvalue weighted by Crippen LogP contribution is 2.31. The first-order valence-electron chi connectivity index (χ1n) is 5.63. The molecule has 1 N–H and O–H groups in total. The molecule has 7 nitrogen and oxygen atoms in total. The quantitative estimate of drug-likeness (QED) is 0.661. The van der Waals surface area contributed by atoms with Gasteiger partial charge < -0.3 is 10.0 Å². The van der Waals surface area contributed by atoms with E-state index in [4.69, 9.17) is 5.11 Å². The predicted molar refractivity (Wildman–Crippen MR) is 66.0 cm³/mol. The molecule has 98 valence electrons. The Labute approximate surface area is 107 Å². The highest BCUT2D eigenvalue weighted by Gasteiger charge is 2.25. The maximum Gasteiger partial charge on any atom is 0.345 e. The van der Waals surface area contributed by atoms with E-state index in [2.05, 4.69) is 4.98 Å². The largest absolute Gasteiger partial charge is 0.481 e. The number of carboxylic acids is 1. The Morgan fingerprint density at radius 2 is 2.50 bits per heavy atom. The van der Waals surface area contributed by atoms with E-state index < -0.39 is 10.9 Å². The van der Waals surface area contributed by atoms with E-state index in [0.717, 1.165) is 30.7 Å². The Balaban J connectivity index is 2.03. The van der Waals surface area contributed by atoms with Crippen LogP contribution in [0.25, 0.3) is 0 Å². The number of nitrogens with zero attached hydrogens (tertiary/aromatic N) is 3. The Bertz CT molecular complexity index is 462. The van der Waals surface area contributed by atoms with Crippen molar-refractivity contribution in [1.82, 2.24) is 4.98 Å². The first kappa shape index (κ1) is 12.7. The van der Waals surface area contributed by atoms with E-state index >= 15 is 0 Å². The molecule has 0 spiro atoms. The Morgan fingerprint density at radius 1 is 1.72 bits per heavy atom. The van der Waals surface area contributed by atoms with Crippen LogP contribution in [0.1, 0.15) is 19.3 Å². The number of aliphatic carboxylic acids is 1. The molecule has 0 aliphatic carbocycles. The van der Waals surface area contributed by atoms with Gasteiger partial charge in [-0.05, 0) is 30.1 Å². The van der Waals surface area contributed by atoms with Gasteiger partial charge in [-0.15, -0.1) is 0 Å². The van der Waals surface area contributed by atoms with Gasteiger partial charge >= 0.3 is 11.0 Å². The second kappa shape index (κ2) is 5.30. The zero-order valence-corrected chi connectivity index (χ0v) is 10.4. The average molecular weight is 271 g/mol. The Morgan fingerprint density at radius 3 is 3.11 bits per heavy atom. The minimum atomic E-state index is -0.799. The summed E-state index contributed by atoms with van der Waals surface area (Å²) < 4.78 is 0. The molecule has 18 heavy (non-hydrogen) atoms. The fraction of sp³-hybridized carbons (Fsp3) is 0.600. The van der Waals surface area contributed by atoms with Crippen molar-refractivity contribution in [2.24, 2.45) is 5.92 Å². The van der Waals surface area contributed by atoms with Gasteiger partial charge in [0.05, 0.1) is 4.92 Å². The second-order valence-corrected chi connectivity index (χ2v) is 5.28. The third-order valence-corrected chi connectivity index (χ3v) is 3.92. The molecule has 0 aromatic carbocycles. The van der Waals surface area contributed by atoms with Crippen LogP contribution in [0.2, 0.25) is 0 Å². The van der Waals surface area contributed by atoms with Gasteiger partial charge in [0, 0.05) is 19.5 Å². The molecule has 8 heteroatoms. The monoisotopic (exact) mass is 271 g/mol. The van der Waals surface area contributed by atoms with E-state index in [9.17, 15) is 14.9 Å². The van der Waals surface area contributed by atoms with Gasteiger partial charge in [-0.3, -0.25) is 14.9 Å². The normalized spacial score (nSPS) is 19.8. The zero-order valence-electron chi connectivity index (χ0n) is 9.61. The summed E-state index contributed by atoms with van der Waals surface area (Å²) in [5, 5.41) is 20.0. The van der Waals surface area contributed by atoms with E-state index in [1.807, 2.05) is 4.90 Å². The molecule has 1 aromatic rings. The van der Waals surface area contributed by atoms with Gasteiger partial charge in [-0.25, -0.2) is 4.98 Å². The summed E-state index contributed by atoms with van der Waals surface area (Å²) in [5.41, 5.74) is 0. The van der Waals surface area contributed by atoms with Crippen molar-refractivity contribution in [3.8, 4) is 0 Å². The van der Waals surface area contributed by atoms with E-state index in [-0.39, 0.29) is 17.3 Å². The number of carbonyl (C=O) groups is 1. The lowest BCUT2D eigenvalue weighted by atomic mass is 9.95. The molecular weight excluding hydrogens is 258 g/mol. The van der Waals surface area contributed by atoms with E-state index in [1.54, 1.807) is 0 Å². The predicted octanol–water partition coefficient (Wildman–Crippen LogP) is 1.74. The summed E-state index contributed by atoms with van der Waals surface area (Å²) in [4.78, 5) is 26.8. The molecule has 0 saturated carbocycles. The maximum atomic E-state index is 10.7. The summed E-state index contributed by atoms with van der Waals surface area (Å²) in [7, 11) is 0. The number of piperidine rings is 1. The third-order valence-electron chi connectivity index (χ3n) is 2.91. The molecule has 1 atom stereocenters. The fourth-order valence-electron chi connectivity index (χ4n) is 2.14. The van der Waals surface area contributed by atoms with Gasteiger partial charge in [-0.2, -0.15) is 0 Å². The van der Waals surface area contributed by atoms with Crippen LogP contribution in [0.3, 0.4) is 0 Å². The number of thiazole rings is 1. The standard InChI is InChI=1S/C10H13N3O4S/c14-9(15)4-7-2-1-3-12(6-7)10-11-5-8(18-10)13(16)17/h5,7H,1-4,6H2,(H,14,15). The molecule has 1 unspecified atom stereocenters. The molecule has 0 bridgehead atoms. The molecule has 1 saturated heterocycles. The van der Waals surface area contributed by atoms with Crippen molar-refractivity contribution in [2.45, 2.75) is 19.3 Å². The smallest absolute Gasteiger partial charge is 0.345 e. The van der Waals surface area contributed by atoms with Crippen LogP contribution in [-0.4, -0.2) is 34.1 Å². The summed E-state index contributed by atoms with van der Waals surface area (Å²) >= 11 is 1.04. The number of hydrogen-bond acceptors (Lipinski definition) is 6. The lowest BCUT2D eigenvalue weighted by molar-refractivity contribution is -0.380. The van der Waals surface area contributed by atoms with Crippen molar-refractivity contribution in [2.75, 3.05) is 18.0 Å². The van der Waals surface area contributed by atoms with Gasteiger partial charge in [0.15, 0.2) is 5.13 Å². The molecule has 1 fully saturated rings. The lowest BCUT2D eigenvalue weighted by Gasteiger charge is -2.31. The summed E-state index contributed by atoms with van der Waals surface area (Å²) in [6.07, 6.45) is 3.17. The van der Waals surface area contributed by atoms with Crippen molar-refractivity contribution in [1.29, 1.82) is 0 Å². The Kier molecular flexibility index (Phi) is 3.75. The van der Waals surface area contributed by atoms with E-state index in [0.29, 0.717) is 11.7 Å². The summed E-state index contributed by atoms with van der Waals surface area (Å²) in [6, 6.07) is 0. The van der Waals surface area contributed by atoms with Gasteiger partial charge in [-0.1, -0.05) is 0 Å². The molecule has 1 aromatic heterocycles. The molecule has 1 aliphatic heterocycles. The molecule has 1 aliphatic rings. The van der Waals surface area contributed by atoms with Crippen LogP contribution in [0.15, 0.2) is 6.20 Å². The van der Waals surface area contributed by atoms with Gasteiger partial charge in [0.25, 0.3) is 0 Å². The molecular formula is C10H13N3O4S. The first-order valence-corrected chi connectivity index (χ1v) is 6.45. The van der Waals surface area contributed by atoms with Crippen molar-refractivity contribution in [3.05, 3.63) is 16.3 Å². The maximum absolute atomic E-state index is 10.7. The van der Waals surface area contributed by atoms with Crippen LogP contribution in [-0.2, 0) is 4.79 Å². The first-order chi connectivity index (χ1) is 8.56. The van der Waals surface area contributed by atoms with Crippen molar-refractivity contribution >= 4 is 27.4 Å². The topological polar surface area (TPSA) is 96.6 Å².